The molecular formula is C23H31N3. The molecule has 1 aromatic carbocycles. The first kappa shape index (κ1) is 17.7. The highest BCUT2D eigenvalue weighted by Gasteiger charge is 2.41. The number of likely N-dealkylation sites (N-methyl/N-ethyl adjacent to an activating group) is 1. The molecule has 0 amide bonds. The smallest absolute Gasteiger partial charge is 0.0543 e. The van der Waals surface area contributed by atoms with Crippen molar-refractivity contribution in [2.45, 2.75) is 38.6 Å². The van der Waals surface area contributed by atoms with Gasteiger partial charge in [-0.25, -0.2) is 0 Å². The molecule has 1 aromatic heterocycles. The lowest BCUT2D eigenvalue weighted by Gasteiger charge is -2.50. The molecular weight excluding hydrogens is 318 g/mol. The predicted octanol–water partition coefficient (Wildman–Crippen LogP) is 4.17. The molecule has 1 spiro atoms. The van der Waals surface area contributed by atoms with Gasteiger partial charge < -0.3 is 4.90 Å². The van der Waals surface area contributed by atoms with Crippen molar-refractivity contribution in [1.29, 1.82) is 0 Å². The average molecular weight is 350 g/mol. The van der Waals surface area contributed by atoms with Crippen LogP contribution in [0.2, 0.25) is 0 Å². The van der Waals surface area contributed by atoms with Gasteiger partial charge in [0.25, 0.3) is 0 Å². The number of likely N-dealkylation sites (tertiary alicyclic amines) is 2. The molecule has 4 rings (SSSR count). The standard InChI is InChI=1S/C23H31N3/c1-2-25-17-21(20-8-4-3-5-9-20)16-23(19-25)11-14-26(15-12-23)18-22-10-6-7-13-24-22/h3-10,13,21H,2,11-12,14-19H2,1H3. The molecule has 2 saturated heterocycles. The lowest BCUT2D eigenvalue weighted by Crippen LogP contribution is -2.51. The molecule has 1 unspecified atom stereocenters. The van der Waals surface area contributed by atoms with Crippen molar-refractivity contribution in [3.05, 3.63) is 66.0 Å². The second kappa shape index (κ2) is 7.89. The third kappa shape index (κ3) is 3.99. The zero-order valence-corrected chi connectivity index (χ0v) is 16.0. The molecule has 0 N–H and O–H groups in total. The molecule has 0 radical (unpaired) electrons. The minimum absolute atomic E-state index is 0.495. The number of nitrogens with zero attached hydrogens (tertiary/aromatic N) is 3. The van der Waals surface area contributed by atoms with Crippen LogP contribution in [0.25, 0.3) is 0 Å². The summed E-state index contributed by atoms with van der Waals surface area (Å²) in [7, 11) is 0. The third-order valence-electron chi connectivity index (χ3n) is 6.46. The monoisotopic (exact) mass is 349 g/mol. The summed E-state index contributed by atoms with van der Waals surface area (Å²) in [4.78, 5) is 9.79. The molecule has 0 aliphatic carbocycles. The SMILES string of the molecule is CCN1CC(c2ccccc2)CC2(CCN(Cc3ccccn3)CC2)C1. The average Bonchev–Trinajstić information content (AvgIpc) is 2.71. The van der Waals surface area contributed by atoms with Crippen molar-refractivity contribution in [1.82, 2.24) is 14.8 Å². The van der Waals surface area contributed by atoms with Gasteiger partial charge >= 0.3 is 0 Å². The van der Waals surface area contributed by atoms with E-state index in [1.807, 2.05) is 12.3 Å². The van der Waals surface area contributed by atoms with Crippen molar-refractivity contribution in [3.63, 3.8) is 0 Å². The van der Waals surface area contributed by atoms with E-state index in [1.54, 1.807) is 0 Å². The summed E-state index contributed by atoms with van der Waals surface area (Å²) in [6.45, 7) is 9.39. The molecule has 3 nitrogen and oxygen atoms in total. The number of pyridine rings is 1. The van der Waals surface area contributed by atoms with Crippen LogP contribution in [-0.4, -0.2) is 47.5 Å². The highest BCUT2D eigenvalue weighted by atomic mass is 15.2. The lowest BCUT2D eigenvalue weighted by molar-refractivity contribution is 0.0135. The van der Waals surface area contributed by atoms with Gasteiger partial charge in [-0.05, 0) is 67.9 Å². The molecule has 138 valence electrons. The summed E-state index contributed by atoms with van der Waals surface area (Å²) >= 11 is 0. The fourth-order valence-electron chi connectivity index (χ4n) is 4.96. The van der Waals surface area contributed by atoms with Gasteiger partial charge in [0.1, 0.15) is 0 Å². The minimum Gasteiger partial charge on any atom is -0.302 e. The molecule has 3 heteroatoms. The molecule has 2 aliphatic rings. The summed E-state index contributed by atoms with van der Waals surface area (Å²) in [6, 6.07) is 17.4. The van der Waals surface area contributed by atoms with Crippen LogP contribution in [0.4, 0.5) is 0 Å². The third-order valence-corrected chi connectivity index (χ3v) is 6.46. The Labute approximate surface area is 158 Å². The highest BCUT2D eigenvalue weighted by Crippen LogP contribution is 2.45. The van der Waals surface area contributed by atoms with Crippen molar-refractivity contribution >= 4 is 0 Å². The number of rotatable bonds is 4. The summed E-state index contributed by atoms with van der Waals surface area (Å²) in [5, 5.41) is 0. The zero-order chi connectivity index (χ0) is 17.8. The molecule has 2 fully saturated rings. The number of benzene rings is 1. The van der Waals surface area contributed by atoms with Crippen LogP contribution >= 0.6 is 0 Å². The van der Waals surface area contributed by atoms with Gasteiger partial charge in [-0.15, -0.1) is 0 Å². The topological polar surface area (TPSA) is 19.4 Å². The summed E-state index contributed by atoms with van der Waals surface area (Å²) < 4.78 is 0. The minimum atomic E-state index is 0.495. The van der Waals surface area contributed by atoms with E-state index in [4.69, 9.17) is 0 Å². The second-order valence-electron chi connectivity index (χ2n) is 8.24. The van der Waals surface area contributed by atoms with Crippen LogP contribution < -0.4 is 0 Å². The van der Waals surface area contributed by atoms with Crippen LogP contribution in [0.3, 0.4) is 0 Å². The Morgan fingerprint density at radius 3 is 2.46 bits per heavy atom. The molecule has 2 aliphatic heterocycles. The first-order valence-corrected chi connectivity index (χ1v) is 10.2. The maximum Gasteiger partial charge on any atom is 0.0543 e. The Kier molecular flexibility index (Phi) is 5.37. The van der Waals surface area contributed by atoms with E-state index in [2.05, 4.69) is 64.2 Å². The maximum atomic E-state index is 4.50. The van der Waals surface area contributed by atoms with Gasteiger partial charge in [0.2, 0.25) is 0 Å². The molecule has 3 heterocycles. The second-order valence-corrected chi connectivity index (χ2v) is 8.24. The van der Waals surface area contributed by atoms with E-state index in [1.165, 1.54) is 63.2 Å². The Morgan fingerprint density at radius 2 is 1.77 bits per heavy atom. The van der Waals surface area contributed by atoms with Crippen LogP contribution in [0.1, 0.15) is 43.4 Å². The lowest BCUT2D eigenvalue weighted by atomic mass is 9.68. The van der Waals surface area contributed by atoms with Crippen molar-refractivity contribution in [2.75, 3.05) is 32.7 Å². The fraction of sp³-hybridized carbons (Fsp3) is 0.522. The van der Waals surface area contributed by atoms with E-state index in [-0.39, 0.29) is 0 Å². The van der Waals surface area contributed by atoms with Crippen molar-refractivity contribution in [3.8, 4) is 0 Å². The van der Waals surface area contributed by atoms with Gasteiger partial charge in [-0.1, -0.05) is 43.3 Å². The Balaban J connectivity index is 1.43. The van der Waals surface area contributed by atoms with Crippen molar-refractivity contribution < 1.29 is 0 Å². The number of hydrogen-bond donors (Lipinski definition) is 0. The van der Waals surface area contributed by atoms with Crippen molar-refractivity contribution in [2.24, 2.45) is 5.41 Å². The summed E-state index contributed by atoms with van der Waals surface area (Å²) in [6.07, 6.45) is 5.90. The first-order chi connectivity index (χ1) is 12.8. The summed E-state index contributed by atoms with van der Waals surface area (Å²) in [5.74, 6) is 0.687. The van der Waals surface area contributed by atoms with Crippen LogP contribution in [-0.2, 0) is 6.54 Å². The molecule has 2 aromatic rings. The highest BCUT2D eigenvalue weighted by molar-refractivity contribution is 5.21. The quantitative estimate of drug-likeness (QED) is 0.826. The van der Waals surface area contributed by atoms with E-state index >= 15 is 0 Å². The number of hydrogen-bond acceptors (Lipinski definition) is 3. The molecule has 0 bridgehead atoms. The van der Waals surface area contributed by atoms with Gasteiger partial charge in [0.15, 0.2) is 0 Å². The normalized spacial score (nSPS) is 24.0. The van der Waals surface area contributed by atoms with E-state index < -0.39 is 0 Å². The van der Waals surface area contributed by atoms with Gasteiger partial charge in [-0.3, -0.25) is 9.88 Å². The predicted molar refractivity (Wildman–Crippen MR) is 107 cm³/mol. The van der Waals surface area contributed by atoms with Crippen LogP contribution in [0, 0.1) is 5.41 Å². The Hall–Kier alpha value is -1.71. The molecule has 0 saturated carbocycles. The summed E-state index contributed by atoms with van der Waals surface area (Å²) in [5.41, 5.74) is 3.22. The maximum absolute atomic E-state index is 4.50. The Bertz CT molecular complexity index is 677. The van der Waals surface area contributed by atoms with E-state index in [0.717, 1.165) is 6.54 Å². The number of piperidine rings is 2. The van der Waals surface area contributed by atoms with Crippen LogP contribution in [0.15, 0.2) is 54.7 Å². The molecule has 26 heavy (non-hydrogen) atoms. The largest absolute Gasteiger partial charge is 0.302 e. The fourth-order valence-corrected chi connectivity index (χ4v) is 4.96. The Morgan fingerprint density at radius 1 is 1.00 bits per heavy atom. The zero-order valence-electron chi connectivity index (χ0n) is 16.0. The molecule has 1 atom stereocenters. The first-order valence-electron chi connectivity index (χ1n) is 10.2. The van der Waals surface area contributed by atoms with Gasteiger partial charge in [0, 0.05) is 25.8 Å². The van der Waals surface area contributed by atoms with E-state index in [0.29, 0.717) is 11.3 Å². The van der Waals surface area contributed by atoms with Crippen LogP contribution in [0.5, 0.6) is 0 Å². The van der Waals surface area contributed by atoms with Gasteiger partial charge in [0.05, 0.1) is 5.69 Å². The van der Waals surface area contributed by atoms with E-state index in [9.17, 15) is 0 Å². The number of aromatic nitrogens is 1. The van der Waals surface area contributed by atoms with Gasteiger partial charge in [-0.2, -0.15) is 0 Å².